The molecule has 196 valence electrons. The number of rotatable bonds is 12. The number of ether oxygens (including phenoxy) is 2. The maximum Gasteiger partial charge on any atom is 0.325 e. The molecule has 4 rings (SSSR count). The van der Waals surface area contributed by atoms with Crippen molar-refractivity contribution in [1.82, 2.24) is 9.88 Å². The lowest BCUT2D eigenvalue weighted by Crippen LogP contribution is -2.34. The van der Waals surface area contributed by atoms with Crippen molar-refractivity contribution in [2.75, 3.05) is 38.7 Å². The fourth-order valence-electron chi connectivity index (χ4n) is 5.25. The Kier molecular flexibility index (Phi) is 9.15. The van der Waals surface area contributed by atoms with Gasteiger partial charge in [-0.1, -0.05) is 19.4 Å². The number of pyridine rings is 1. The number of unbranched alkanes of at least 4 members (excludes halogenated alkanes) is 2. The molecule has 2 aliphatic rings. The normalized spacial score (nSPS) is 18.5. The van der Waals surface area contributed by atoms with Crippen LogP contribution in [0.2, 0.25) is 0 Å². The summed E-state index contributed by atoms with van der Waals surface area (Å²) >= 11 is 0. The summed E-state index contributed by atoms with van der Waals surface area (Å²) in [6.45, 7) is 4.66. The number of hydrogen-bond acceptors (Lipinski definition) is 6. The molecule has 1 aromatic carbocycles. The number of hydrogen-bond donors (Lipinski definition) is 2. The third-order valence-corrected chi connectivity index (χ3v) is 7.20. The van der Waals surface area contributed by atoms with E-state index >= 15 is 0 Å². The van der Waals surface area contributed by atoms with E-state index < -0.39 is 17.8 Å². The van der Waals surface area contributed by atoms with Gasteiger partial charge in [0.1, 0.15) is 11.9 Å². The molecule has 0 spiro atoms. The fourth-order valence-corrected chi connectivity index (χ4v) is 5.25. The number of likely N-dealkylation sites (tertiary alicyclic amines) is 1. The lowest BCUT2D eigenvalue weighted by molar-refractivity contribution is -0.143. The van der Waals surface area contributed by atoms with Gasteiger partial charge < -0.3 is 19.9 Å². The van der Waals surface area contributed by atoms with Gasteiger partial charge in [0.25, 0.3) is 0 Å². The zero-order valence-corrected chi connectivity index (χ0v) is 21.4. The van der Waals surface area contributed by atoms with E-state index in [9.17, 15) is 14.3 Å². The molecule has 0 bridgehead atoms. The highest BCUT2D eigenvalue weighted by molar-refractivity contribution is 5.77. The molecule has 2 atom stereocenters. The molecule has 1 saturated heterocycles. The highest BCUT2D eigenvalue weighted by Crippen LogP contribution is 2.35. The molecular formula is C28H38FN3O4. The van der Waals surface area contributed by atoms with E-state index in [0.29, 0.717) is 31.7 Å². The number of nitrogens with zero attached hydrogens (tertiary/aromatic N) is 2. The number of benzene rings is 1. The molecule has 2 aliphatic heterocycles. The number of methoxy groups -OCH3 is 1. The SMILES string of the molecule is CCc1cc(F)c(OC)c(C(C(=O)O)N2CC[C@@H](OCCCCCc3ccc4c(n3)NCCC4)C2)c1. The number of carboxylic acid groups (broad SMARTS) is 1. The Balaban J connectivity index is 1.24. The van der Waals surface area contributed by atoms with Crippen molar-refractivity contribution in [3.8, 4) is 5.75 Å². The van der Waals surface area contributed by atoms with Crippen LogP contribution in [0.4, 0.5) is 10.2 Å². The molecule has 3 heterocycles. The molecule has 2 aromatic rings. The fraction of sp³-hybridized carbons (Fsp3) is 0.571. The van der Waals surface area contributed by atoms with Crippen LogP contribution in [0.3, 0.4) is 0 Å². The van der Waals surface area contributed by atoms with Gasteiger partial charge in [-0.15, -0.1) is 0 Å². The highest BCUT2D eigenvalue weighted by Gasteiger charge is 2.36. The van der Waals surface area contributed by atoms with Crippen molar-refractivity contribution in [2.24, 2.45) is 0 Å². The predicted molar refractivity (Wildman–Crippen MR) is 137 cm³/mol. The van der Waals surface area contributed by atoms with Crippen molar-refractivity contribution < 1.29 is 23.8 Å². The zero-order valence-electron chi connectivity index (χ0n) is 21.4. The van der Waals surface area contributed by atoms with Gasteiger partial charge in [-0.3, -0.25) is 9.69 Å². The van der Waals surface area contributed by atoms with E-state index in [1.165, 1.54) is 25.2 Å². The quantitative estimate of drug-likeness (QED) is 0.407. The number of aliphatic carboxylic acids is 1. The average Bonchev–Trinajstić information content (AvgIpc) is 3.33. The van der Waals surface area contributed by atoms with Gasteiger partial charge in [0.15, 0.2) is 11.6 Å². The zero-order chi connectivity index (χ0) is 25.5. The van der Waals surface area contributed by atoms with Gasteiger partial charge in [0, 0.05) is 37.5 Å². The summed E-state index contributed by atoms with van der Waals surface area (Å²) in [4.78, 5) is 18.9. The van der Waals surface area contributed by atoms with Crippen LogP contribution in [-0.2, 0) is 28.8 Å². The summed E-state index contributed by atoms with van der Waals surface area (Å²) < 4.78 is 25.9. The van der Waals surface area contributed by atoms with Crippen molar-refractivity contribution in [3.05, 3.63) is 52.5 Å². The lowest BCUT2D eigenvalue weighted by Gasteiger charge is -2.26. The Hall–Kier alpha value is -2.71. The predicted octanol–water partition coefficient (Wildman–Crippen LogP) is 4.78. The maximum atomic E-state index is 14.6. The van der Waals surface area contributed by atoms with E-state index in [0.717, 1.165) is 62.1 Å². The summed E-state index contributed by atoms with van der Waals surface area (Å²) in [6.07, 6.45) is 7.66. The number of carboxylic acids is 1. The minimum absolute atomic E-state index is 0.00756. The summed E-state index contributed by atoms with van der Waals surface area (Å²) in [5.74, 6) is -0.470. The summed E-state index contributed by atoms with van der Waals surface area (Å²) in [5, 5.41) is 13.4. The van der Waals surface area contributed by atoms with Crippen molar-refractivity contribution in [3.63, 3.8) is 0 Å². The molecule has 0 saturated carbocycles. The third kappa shape index (κ3) is 6.34. The largest absolute Gasteiger partial charge is 0.493 e. The molecule has 7 nitrogen and oxygen atoms in total. The molecule has 8 heteroatoms. The van der Waals surface area contributed by atoms with Crippen LogP contribution in [-0.4, -0.2) is 60.4 Å². The van der Waals surface area contributed by atoms with E-state index in [1.807, 2.05) is 11.8 Å². The van der Waals surface area contributed by atoms with Gasteiger partial charge in [-0.05, 0) is 74.3 Å². The van der Waals surface area contributed by atoms with E-state index in [1.54, 1.807) is 6.07 Å². The third-order valence-electron chi connectivity index (χ3n) is 7.20. The lowest BCUT2D eigenvalue weighted by atomic mass is 10.00. The Morgan fingerprint density at radius 3 is 2.94 bits per heavy atom. The van der Waals surface area contributed by atoms with Gasteiger partial charge in [-0.25, -0.2) is 9.37 Å². The molecule has 0 amide bonds. The van der Waals surface area contributed by atoms with Gasteiger partial charge in [0.2, 0.25) is 0 Å². The second-order valence-electron chi connectivity index (χ2n) is 9.72. The number of anilines is 1. The summed E-state index contributed by atoms with van der Waals surface area (Å²) in [5.41, 5.74) is 3.57. The van der Waals surface area contributed by atoms with Crippen molar-refractivity contribution in [1.29, 1.82) is 0 Å². The molecule has 1 aromatic heterocycles. The number of halogens is 1. The minimum Gasteiger partial charge on any atom is -0.493 e. The number of fused-ring (bicyclic) bond motifs is 1. The van der Waals surface area contributed by atoms with Crippen molar-refractivity contribution in [2.45, 2.75) is 70.4 Å². The number of aromatic nitrogens is 1. The Morgan fingerprint density at radius 1 is 1.31 bits per heavy atom. The second-order valence-corrected chi connectivity index (χ2v) is 9.72. The van der Waals surface area contributed by atoms with Crippen LogP contribution < -0.4 is 10.1 Å². The highest BCUT2D eigenvalue weighted by atomic mass is 19.1. The van der Waals surface area contributed by atoms with Crippen LogP contribution in [0.5, 0.6) is 5.75 Å². The summed E-state index contributed by atoms with van der Waals surface area (Å²) in [6, 6.07) is 6.54. The minimum atomic E-state index is -1.01. The monoisotopic (exact) mass is 499 g/mol. The first-order valence-electron chi connectivity index (χ1n) is 13.2. The molecule has 0 radical (unpaired) electrons. The molecule has 36 heavy (non-hydrogen) atoms. The Morgan fingerprint density at radius 2 is 2.17 bits per heavy atom. The first-order valence-corrected chi connectivity index (χ1v) is 13.2. The van der Waals surface area contributed by atoms with Crippen LogP contribution >= 0.6 is 0 Å². The van der Waals surface area contributed by atoms with Gasteiger partial charge >= 0.3 is 5.97 Å². The first kappa shape index (κ1) is 26.4. The standard InChI is InChI=1S/C28H38FN3O4/c1-3-19-16-23(26(35-2)24(29)17-19)25(28(33)34)32-14-12-22(18-32)36-15-6-4-5-9-21-11-10-20-8-7-13-30-27(20)31-21/h10-11,16-17,22,25H,3-9,12-15,18H2,1-2H3,(H,30,31)(H,33,34)/t22-,25?/m1/s1. The van der Waals surface area contributed by atoms with E-state index in [4.69, 9.17) is 14.5 Å². The topological polar surface area (TPSA) is 83.9 Å². The molecule has 1 fully saturated rings. The second kappa shape index (κ2) is 12.5. The average molecular weight is 500 g/mol. The Bertz CT molecular complexity index is 1050. The first-order chi connectivity index (χ1) is 17.5. The molecule has 2 N–H and O–H groups in total. The maximum absolute atomic E-state index is 14.6. The van der Waals surface area contributed by atoms with Crippen LogP contribution in [0.15, 0.2) is 24.3 Å². The number of nitrogens with one attached hydrogen (secondary N) is 1. The smallest absolute Gasteiger partial charge is 0.325 e. The van der Waals surface area contributed by atoms with Crippen LogP contribution in [0, 0.1) is 5.82 Å². The molecular weight excluding hydrogens is 461 g/mol. The summed E-state index contributed by atoms with van der Waals surface area (Å²) in [7, 11) is 1.38. The van der Waals surface area contributed by atoms with E-state index in [-0.39, 0.29) is 11.9 Å². The van der Waals surface area contributed by atoms with Gasteiger partial charge in [-0.2, -0.15) is 0 Å². The number of carbonyl (C=O) groups is 1. The Labute approximate surface area is 213 Å². The molecule has 0 aliphatic carbocycles. The van der Waals surface area contributed by atoms with Gasteiger partial charge in [0.05, 0.1) is 13.2 Å². The van der Waals surface area contributed by atoms with Crippen LogP contribution in [0.25, 0.3) is 0 Å². The van der Waals surface area contributed by atoms with Crippen LogP contribution in [0.1, 0.15) is 67.5 Å². The van der Waals surface area contributed by atoms with E-state index in [2.05, 4.69) is 17.4 Å². The van der Waals surface area contributed by atoms with Crippen molar-refractivity contribution >= 4 is 11.8 Å². The number of aryl methyl sites for hydroxylation is 3. The molecule has 1 unspecified atom stereocenters.